The molecule has 0 bridgehead atoms. The highest BCUT2D eigenvalue weighted by Crippen LogP contribution is 2.33. The minimum Gasteiger partial charge on any atom is -0.367 e. The van der Waals surface area contributed by atoms with Crippen molar-refractivity contribution in [3.63, 3.8) is 0 Å². The molecule has 0 saturated heterocycles. The molecule has 24 heavy (non-hydrogen) atoms. The van der Waals surface area contributed by atoms with Gasteiger partial charge in [0.25, 0.3) is 0 Å². The van der Waals surface area contributed by atoms with Crippen LogP contribution in [0.4, 0.5) is 0 Å². The highest BCUT2D eigenvalue weighted by Gasteiger charge is 2.20. The Bertz CT molecular complexity index is 774. The van der Waals surface area contributed by atoms with E-state index in [1.54, 1.807) is 6.07 Å². The lowest BCUT2D eigenvalue weighted by Crippen LogP contribution is -2.29. The number of halogens is 4. The Hall–Kier alpha value is -0.930. The quantitative estimate of drug-likeness (QED) is 0.632. The maximum atomic E-state index is 6.44. The fourth-order valence-corrected chi connectivity index (χ4v) is 3.55. The Morgan fingerprint density at radius 2 is 1.83 bits per heavy atom. The summed E-state index contributed by atoms with van der Waals surface area (Å²) in [4.78, 5) is 4.51. The van der Waals surface area contributed by atoms with Crippen LogP contribution >= 0.6 is 46.4 Å². The van der Waals surface area contributed by atoms with Gasteiger partial charge < -0.3 is 5.32 Å². The summed E-state index contributed by atoms with van der Waals surface area (Å²) in [5, 5.41) is 5.72. The first-order valence-electron chi connectivity index (χ1n) is 7.72. The number of nitrogens with zero attached hydrogens (tertiary/aromatic N) is 1. The van der Waals surface area contributed by atoms with Crippen LogP contribution in [0.15, 0.2) is 41.4 Å². The van der Waals surface area contributed by atoms with E-state index in [9.17, 15) is 0 Å². The minimum absolute atomic E-state index is 0.0368. The van der Waals surface area contributed by atoms with Crippen molar-refractivity contribution in [2.45, 2.75) is 25.3 Å². The Morgan fingerprint density at radius 3 is 2.54 bits per heavy atom. The van der Waals surface area contributed by atoms with E-state index in [0.717, 1.165) is 36.3 Å². The topological polar surface area (TPSA) is 24.4 Å². The van der Waals surface area contributed by atoms with Gasteiger partial charge in [0.2, 0.25) is 0 Å². The van der Waals surface area contributed by atoms with Crippen molar-refractivity contribution in [3.8, 4) is 0 Å². The second kappa shape index (κ2) is 7.97. The highest BCUT2D eigenvalue weighted by molar-refractivity contribution is 6.42. The smallest absolute Gasteiger partial charge is 0.0968 e. The van der Waals surface area contributed by atoms with Gasteiger partial charge in [0.15, 0.2) is 0 Å². The fraction of sp³-hybridized carbons (Fsp3) is 0.278. The van der Waals surface area contributed by atoms with E-state index in [1.807, 2.05) is 30.3 Å². The number of nitrogens with one attached hydrogen (secondary N) is 1. The van der Waals surface area contributed by atoms with Gasteiger partial charge in [0, 0.05) is 13.0 Å². The molecule has 2 nitrogen and oxygen atoms in total. The first-order chi connectivity index (χ1) is 11.5. The summed E-state index contributed by atoms with van der Waals surface area (Å²) in [6.45, 7) is 0.866. The average Bonchev–Trinajstić information content (AvgIpc) is 3.06. The van der Waals surface area contributed by atoms with Gasteiger partial charge in [-0.2, -0.15) is 0 Å². The molecule has 2 aromatic carbocycles. The van der Waals surface area contributed by atoms with Gasteiger partial charge in [0.05, 0.1) is 32.0 Å². The third-order valence-electron chi connectivity index (χ3n) is 4.00. The van der Waals surface area contributed by atoms with Crippen molar-refractivity contribution in [3.05, 3.63) is 67.6 Å². The molecular formula is C18H16Cl4N2. The maximum Gasteiger partial charge on any atom is 0.0968 e. The third kappa shape index (κ3) is 4.18. The summed E-state index contributed by atoms with van der Waals surface area (Å²) in [5.41, 5.74) is 2.02. The van der Waals surface area contributed by atoms with Gasteiger partial charge in [-0.3, -0.25) is 4.99 Å². The molecule has 0 saturated carbocycles. The van der Waals surface area contributed by atoms with Crippen LogP contribution in [-0.4, -0.2) is 12.4 Å². The maximum absolute atomic E-state index is 6.44. The second-order valence-electron chi connectivity index (χ2n) is 5.72. The van der Waals surface area contributed by atoms with Gasteiger partial charge >= 0.3 is 0 Å². The lowest BCUT2D eigenvalue weighted by atomic mass is 9.98. The fourth-order valence-electron chi connectivity index (χ4n) is 2.79. The molecule has 0 fully saturated rings. The molecular weight excluding hydrogens is 386 g/mol. The van der Waals surface area contributed by atoms with E-state index in [2.05, 4.69) is 10.3 Å². The molecule has 1 unspecified atom stereocenters. The number of hydrogen-bond donors (Lipinski definition) is 1. The van der Waals surface area contributed by atoms with Crippen LogP contribution in [0.2, 0.25) is 20.1 Å². The predicted molar refractivity (Wildman–Crippen MR) is 104 cm³/mol. The van der Waals surface area contributed by atoms with E-state index in [-0.39, 0.29) is 6.04 Å². The number of rotatable bonds is 4. The number of amidine groups is 1. The molecule has 2 aromatic rings. The van der Waals surface area contributed by atoms with Crippen LogP contribution in [0.3, 0.4) is 0 Å². The number of benzene rings is 2. The van der Waals surface area contributed by atoms with Crippen molar-refractivity contribution in [2.24, 2.45) is 4.99 Å². The third-order valence-corrected chi connectivity index (χ3v) is 5.57. The lowest BCUT2D eigenvalue weighted by Gasteiger charge is -2.22. The Balaban J connectivity index is 1.91. The first-order valence-corrected chi connectivity index (χ1v) is 9.23. The monoisotopic (exact) mass is 400 g/mol. The molecule has 1 heterocycles. The first kappa shape index (κ1) is 17.9. The molecule has 1 N–H and O–H groups in total. The molecule has 1 aliphatic heterocycles. The highest BCUT2D eigenvalue weighted by atomic mass is 35.5. The van der Waals surface area contributed by atoms with Crippen LogP contribution in [0.1, 0.15) is 30.0 Å². The Morgan fingerprint density at radius 1 is 1.00 bits per heavy atom. The van der Waals surface area contributed by atoms with Crippen LogP contribution in [0.5, 0.6) is 0 Å². The van der Waals surface area contributed by atoms with Gasteiger partial charge in [0.1, 0.15) is 0 Å². The summed E-state index contributed by atoms with van der Waals surface area (Å²) in [5.74, 6) is 1.01. The van der Waals surface area contributed by atoms with Gasteiger partial charge in [-0.15, -0.1) is 0 Å². The van der Waals surface area contributed by atoms with Gasteiger partial charge in [-0.1, -0.05) is 64.6 Å². The van der Waals surface area contributed by atoms with Gasteiger partial charge in [-0.25, -0.2) is 0 Å². The zero-order chi connectivity index (χ0) is 17.1. The molecule has 0 aromatic heterocycles. The average molecular weight is 402 g/mol. The van der Waals surface area contributed by atoms with E-state index in [1.165, 1.54) is 0 Å². The summed E-state index contributed by atoms with van der Waals surface area (Å²) in [6.07, 6.45) is 2.73. The van der Waals surface area contributed by atoms with Crippen LogP contribution < -0.4 is 5.32 Å². The number of aliphatic imine (C=N–C) groups is 1. The van der Waals surface area contributed by atoms with Gasteiger partial charge in [-0.05, 0) is 42.2 Å². The van der Waals surface area contributed by atoms with Crippen LogP contribution in [0.25, 0.3) is 0 Å². The van der Waals surface area contributed by atoms with Crippen molar-refractivity contribution in [1.82, 2.24) is 5.32 Å². The van der Waals surface area contributed by atoms with E-state index in [0.29, 0.717) is 26.5 Å². The summed E-state index contributed by atoms with van der Waals surface area (Å²) in [6, 6.07) is 11.3. The summed E-state index contributed by atoms with van der Waals surface area (Å²) in [7, 11) is 0. The molecule has 126 valence electrons. The van der Waals surface area contributed by atoms with Crippen molar-refractivity contribution in [2.75, 3.05) is 6.54 Å². The molecule has 1 atom stereocenters. The molecule has 0 amide bonds. The summed E-state index contributed by atoms with van der Waals surface area (Å²) < 4.78 is 0. The van der Waals surface area contributed by atoms with Crippen molar-refractivity contribution in [1.29, 1.82) is 0 Å². The van der Waals surface area contributed by atoms with E-state index in [4.69, 9.17) is 46.4 Å². The Kier molecular flexibility index (Phi) is 5.93. The zero-order valence-corrected chi connectivity index (χ0v) is 15.9. The van der Waals surface area contributed by atoms with E-state index >= 15 is 0 Å². The molecule has 1 aliphatic rings. The van der Waals surface area contributed by atoms with E-state index < -0.39 is 0 Å². The lowest BCUT2D eigenvalue weighted by molar-refractivity contribution is 0.639. The molecule has 0 spiro atoms. The van der Waals surface area contributed by atoms with Crippen LogP contribution in [0, 0.1) is 0 Å². The predicted octanol–water partition coefficient (Wildman–Crippen LogP) is 6.37. The Labute approximate surface area is 161 Å². The number of hydrogen-bond acceptors (Lipinski definition) is 2. The summed E-state index contributed by atoms with van der Waals surface area (Å²) >= 11 is 24.8. The van der Waals surface area contributed by atoms with Crippen molar-refractivity contribution < 1.29 is 0 Å². The molecule has 0 aliphatic carbocycles. The van der Waals surface area contributed by atoms with Crippen molar-refractivity contribution >= 4 is 52.2 Å². The second-order valence-corrected chi connectivity index (χ2v) is 7.32. The largest absolute Gasteiger partial charge is 0.367 e. The zero-order valence-electron chi connectivity index (χ0n) is 12.8. The molecule has 0 radical (unpaired) electrons. The normalized spacial score (nSPS) is 15.2. The molecule has 3 rings (SSSR count). The minimum atomic E-state index is -0.0368. The standard InChI is InChI=1S/C18H16Cl4N2/c19-13-7-6-11(9-15(13)21)10-16(24-17-5-2-8-23-17)12-3-1-4-14(20)18(12)22/h1,3-4,6-7,9,16H,2,5,8,10H2,(H,23,24). The molecule has 6 heteroatoms. The van der Waals surface area contributed by atoms with Crippen LogP contribution in [-0.2, 0) is 6.42 Å². The SMILES string of the molecule is Clc1ccc(CC(NC2=NCCC2)c2cccc(Cl)c2Cl)cc1Cl.